The lowest BCUT2D eigenvalue weighted by molar-refractivity contribution is -0.137. The maximum absolute atomic E-state index is 13.4. The highest BCUT2D eigenvalue weighted by Gasteiger charge is 2.39. The Bertz CT molecular complexity index is 1120. The van der Waals surface area contributed by atoms with E-state index in [4.69, 9.17) is 16.0 Å². The van der Waals surface area contributed by atoms with E-state index >= 15 is 0 Å². The molecule has 3 aromatic rings. The molecule has 1 aliphatic heterocycles. The second-order valence-corrected chi connectivity index (χ2v) is 6.98. The maximum Gasteiger partial charge on any atom is 0.278 e. The standard InChI is InChI=1S/C22H16ClFN2O3/c1-13-17(23)5-2-6-18(13)25-20-19(14-7-9-15(24)10-8-14)21(27)26(22(20)28)12-16-4-3-11-29-16/h2-11,25H,12H2,1H3. The van der Waals surface area contributed by atoms with Crippen LogP contribution in [0.3, 0.4) is 0 Å². The van der Waals surface area contributed by atoms with Gasteiger partial charge >= 0.3 is 0 Å². The maximum atomic E-state index is 13.4. The molecule has 4 rings (SSSR count). The van der Waals surface area contributed by atoms with Crippen molar-refractivity contribution in [2.75, 3.05) is 5.32 Å². The van der Waals surface area contributed by atoms with Crippen LogP contribution in [0.15, 0.2) is 71.0 Å². The Balaban J connectivity index is 1.78. The molecule has 1 aromatic heterocycles. The van der Waals surface area contributed by atoms with Crippen LogP contribution >= 0.6 is 11.6 Å². The van der Waals surface area contributed by atoms with Crippen LogP contribution < -0.4 is 5.32 Å². The van der Waals surface area contributed by atoms with Gasteiger partial charge in [0.05, 0.1) is 18.4 Å². The number of halogens is 2. The molecule has 7 heteroatoms. The van der Waals surface area contributed by atoms with Crippen molar-refractivity contribution in [3.05, 3.63) is 94.3 Å². The third-order valence-electron chi connectivity index (χ3n) is 4.72. The van der Waals surface area contributed by atoms with E-state index in [2.05, 4.69) is 5.32 Å². The Kier molecular flexibility index (Phi) is 4.94. The first-order chi connectivity index (χ1) is 14.0. The monoisotopic (exact) mass is 410 g/mol. The summed E-state index contributed by atoms with van der Waals surface area (Å²) in [6.07, 6.45) is 1.48. The van der Waals surface area contributed by atoms with Crippen LogP contribution in [-0.4, -0.2) is 16.7 Å². The minimum Gasteiger partial charge on any atom is -0.467 e. The van der Waals surface area contributed by atoms with Gasteiger partial charge in [0.15, 0.2) is 0 Å². The zero-order valence-corrected chi connectivity index (χ0v) is 16.2. The number of carbonyl (C=O) groups excluding carboxylic acids is 2. The van der Waals surface area contributed by atoms with Gasteiger partial charge < -0.3 is 9.73 Å². The molecule has 2 amide bonds. The highest BCUT2D eigenvalue weighted by molar-refractivity contribution is 6.36. The van der Waals surface area contributed by atoms with Gasteiger partial charge in [-0.2, -0.15) is 0 Å². The summed E-state index contributed by atoms with van der Waals surface area (Å²) in [6, 6.07) is 14.1. The van der Waals surface area contributed by atoms with Crippen molar-refractivity contribution in [1.29, 1.82) is 0 Å². The average molecular weight is 411 g/mol. The lowest BCUT2D eigenvalue weighted by Gasteiger charge is -2.14. The lowest BCUT2D eigenvalue weighted by atomic mass is 10.0. The van der Waals surface area contributed by atoms with Crippen molar-refractivity contribution < 1.29 is 18.4 Å². The molecule has 2 heterocycles. The summed E-state index contributed by atoms with van der Waals surface area (Å²) in [5.41, 5.74) is 2.06. The fourth-order valence-corrected chi connectivity index (χ4v) is 3.33. The van der Waals surface area contributed by atoms with E-state index in [1.165, 1.54) is 30.5 Å². The van der Waals surface area contributed by atoms with Crippen LogP contribution in [0.2, 0.25) is 5.02 Å². The molecule has 2 aromatic carbocycles. The molecule has 0 saturated heterocycles. The average Bonchev–Trinajstić information content (AvgIpc) is 3.29. The molecule has 0 spiro atoms. The number of furan rings is 1. The molecule has 5 nitrogen and oxygen atoms in total. The van der Waals surface area contributed by atoms with Crippen molar-refractivity contribution in [2.45, 2.75) is 13.5 Å². The van der Waals surface area contributed by atoms with Gasteiger partial charge in [-0.3, -0.25) is 14.5 Å². The molecule has 0 aliphatic carbocycles. The smallest absolute Gasteiger partial charge is 0.278 e. The third-order valence-corrected chi connectivity index (χ3v) is 5.13. The second-order valence-electron chi connectivity index (χ2n) is 6.57. The minimum absolute atomic E-state index is 0.00489. The molecular weight excluding hydrogens is 395 g/mol. The first-order valence-electron chi connectivity index (χ1n) is 8.86. The molecule has 1 aliphatic rings. The molecule has 0 bridgehead atoms. The minimum atomic E-state index is -0.495. The molecule has 1 N–H and O–H groups in total. The van der Waals surface area contributed by atoms with Crippen molar-refractivity contribution in [3.63, 3.8) is 0 Å². The van der Waals surface area contributed by atoms with Crippen molar-refractivity contribution in [3.8, 4) is 0 Å². The molecule has 146 valence electrons. The Morgan fingerprint density at radius 2 is 1.79 bits per heavy atom. The van der Waals surface area contributed by atoms with E-state index < -0.39 is 17.6 Å². The van der Waals surface area contributed by atoms with Crippen LogP contribution in [0.5, 0.6) is 0 Å². The van der Waals surface area contributed by atoms with Crippen LogP contribution in [0.4, 0.5) is 10.1 Å². The lowest BCUT2D eigenvalue weighted by Crippen LogP contribution is -2.31. The van der Waals surface area contributed by atoms with Crippen LogP contribution in [0, 0.1) is 12.7 Å². The highest BCUT2D eigenvalue weighted by atomic mass is 35.5. The van der Waals surface area contributed by atoms with Gasteiger partial charge in [0.25, 0.3) is 11.8 Å². The van der Waals surface area contributed by atoms with Crippen LogP contribution in [0.1, 0.15) is 16.9 Å². The first kappa shape index (κ1) is 19.0. The molecule has 0 radical (unpaired) electrons. The number of anilines is 1. The van der Waals surface area contributed by atoms with Crippen molar-refractivity contribution in [2.24, 2.45) is 0 Å². The first-order valence-corrected chi connectivity index (χ1v) is 9.24. The molecular formula is C22H16ClFN2O3. The van der Waals surface area contributed by atoms with Crippen molar-refractivity contribution >= 4 is 34.7 Å². The number of hydrogen-bond donors (Lipinski definition) is 1. The Morgan fingerprint density at radius 3 is 2.48 bits per heavy atom. The van der Waals surface area contributed by atoms with E-state index in [0.29, 0.717) is 22.0 Å². The Morgan fingerprint density at radius 1 is 1.03 bits per heavy atom. The zero-order chi connectivity index (χ0) is 20.5. The quantitative estimate of drug-likeness (QED) is 0.615. The van der Waals surface area contributed by atoms with E-state index in [1.807, 2.05) is 6.92 Å². The topological polar surface area (TPSA) is 62.6 Å². The summed E-state index contributed by atoms with van der Waals surface area (Å²) in [6.45, 7) is 1.81. The predicted octanol–water partition coefficient (Wildman–Crippen LogP) is 4.77. The zero-order valence-electron chi connectivity index (χ0n) is 15.4. The van der Waals surface area contributed by atoms with E-state index in [1.54, 1.807) is 30.3 Å². The number of carbonyl (C=O) groups is 2. The predicted molar refractivity (Wildman–Crippen MR) is 107 cm³/mol. The third kappa shape index (κ3) is 3.54. The van der Waals surface area contributed by atoms with E-state index in [9.17, 15) is 14.0 Å². The number of amides is 2. The normalized spacial score (nSPS) is 14.1. The van der Waals surface area contributed by atoms with Crippen LogP contribution in [-0.2, 0) is 16.1 Å². The molecule has 0 atom stereocenters. The number of hydrogen-bond acceptors (Lipinski definition) is 4. The number of benzene rings is 2. The summed E-state index contributed by atoms with van der Waals surface area (Å²) >= 11 is 6.19. The van der Waals surface area contributed by atoms with Crippen LogP contribution in [0.25, 0.3) is 5.57 Å². The Hall–Kier alpha value is -3.38. The van der Waals surface area contributed by atoms with Gasteiger partial charge in [-0.1, -0.05) is 29.8 Å². The largest absolute Gasteiger partial charge is 0.467 e. The van der Waals surface area contributed by atoms with Gasteiger partial charge in [-0.05, 0) is 54.4 Å². The van der Waals surface area contributed by atoms with Crippen molar-refractivity contribution in [1.82, 2.24) is 4.90 Å². The summed E-state index contributed by atoms with van der Waals surface area (Å²) in [7, 11) is 0. The second kappa shape index (κ2) is 7.56. The number of nitrogens with one attached hydrogen (secondary N) is 1. The fourth-order valence-electron chi connectivity index (χ4n) is 3.16. The summed E-state index contributed by atoms with van der Waals surface area (Å²) < 4.78 is 18.7. The summed E-state index contributed by atoms with van der Waals surface area (Å²) in [4.78, 5) is 27.4. The van der Waals surface area contributed by atoms with Gasteiger partial charge in [-0.25, -0.2) is 4.39 Å². The molecule has 0 unspecified atom stereocenters. The fraction of sp³-hybridized carbons (Fsp3) is 0.0909. The molecule has 0 saturated carbocycles. The van der Waals surface area contributed by atoms with Gasteiger partial charge in [0.1, 0.15) is 17.3 Å². The number of imide groups is 1. The molecule has 0 fully saturated rings. The van der Waals surface area contributed by atoms with E-state index in [0.717, 1.165) is 10.5 Å². The SMILES string of the molecule is Cc1c(Cl)cccc1NC1=C(c2ccc(F)cc2)C(=O)N(Cc2ccco2)C1=O. The van der Waals surface area contributed by atoms with Gasteiger partial charge in [0, 0.05) is 10.7 Å². The Labute approximate surface area is 171 Å². The molecule has 29 heavy (non-hydrogen) atoms. The highest BCUT2D eigenvalue weighted by Crippen LogP contribution is 2.33. The van der Waals surface area contributed by atoms with Gasteiger partial charge in [0.2, 0.25) is 0 Å². The number of rotatable bonds is 5. The summed E-state index contributed by atoms with van der Waals surface area (Å²) in [5.74, 6) is -0.936. The number of nitrogens with zero attached hydrogens (tertiary/aromatic N) is 1. The van der Waals surface area contributed by atoms with Gasteiger partial charge in [-0.15, -0.1) is 0 Å². The summed E-state index contributed by atoms with van der Waals surface area (Å²) in [5, 5.41) is 3.59. The van der Waals surface area contributed by atoms with E-state index in [-0.39, 0.29) is 17.8 Å².